The number of aryl methyl sites for hydroxylation is 1. The average molecular weight is 238 g/mol. The molecule has 0 aromatic carbocycles. The summed E-state index contributed by atoms with van der Waals surface area (Å²) >= 11 is 1.91. The molecule has 1 heterocycles. The molecule has 3 heteroatoms. The minimum Gasteiger partial charge on any atom is -0.353 e. The van der Waals surface area contributed by atoms with E-state index in [4.69, 9.17) is 0 Å². The summed E-state index contributed by atoms with van der Waals surface area (Å²) in [5, 5.41) is 3.61. The summed E-state index contributed by atoms with van der Waals surface area (Å²) in [7, 11) is 0. The highest BCUT2D eigenvalue weighted by molar-refractivity contribution is 7.98. The maximum absolute atomic E-state index is 3.61. The SMILES string of the molecule is CCNC(c1ccn(CCSC)c1)C1CC1. The molecule has 1 aliphatic carbocycles. The molecule has 0 spiro atoms. The van der Waals surface area contributed by atoms with Crippen LogP contribution in [0.3, 0.4) is 0 Å². The molecule has 0 saturated heterocycles. The van der Waals surface area contributed by atoms with Crippen molar-refractivity contribution in [3.05, 3.63) is 24.0 Å². The van der Waals surface area contributed by atoms with Crippen LogP contribution in [0.25, 0.3) is 0 Å². The largest absolute Gasteiger partial charge is 0.353 e. The fourth-order valence-electron chi connectivity index (χ4n) is 2.19. The molecule has 2 nitrogen and oxygen atoms in total. The van der Waals surface area contributed by atoms with Crippen LogP contribution in [0, 0.1) is 5.92 Å². The molecule has 1 aromatic heterocycles. The normalized spacial score (nSPS) is 17.6. The Balaban J connectivity index is 1.97. The van der Waals surface area contributed by atoms with Crippen LogP contribution in [-0.2, 0) is 6.54 Å². The maximum atomic E-state index is 3.61. The van der Waals surface area contributed by atoms with Crippen LogP contribution < -0.4 is 5.32 Å². The van der Waals surface area contributed by atoms with Crippen molar-refractivity contribution < 1.29 is 0 Å². The van der Waals surface area contributed by atoms with Crippen LogP contribution in [0.1, 0.15) is 31.4 Å². The lowest BCUT2D eigenvalue weighted by molar-refractivity contribution is 0.495. The van der Waals surface area contributed by atoms with E-state index in [-0.39, 0.29) is 0 Å². The summed E-state index contributed by atoms with van der Waals surface area (Å²) in [6, 6.07) is 2.88. The summed E-state index contributed by atoms with van der Waals surface area (Å²) in [6.45, 7) is 4.39. The first-order valence-corrected chi connectivity index (χ1v) is 7.62. The van der Waals surface area contributed by atoms with Gasteiger partial charge >= 0.3 is 0 Å². The van der Waals surface area contributed by atoms with Gasteiger partial charge in [0.2, 0.25) is 0 Å². The Morgan fingerprint density at radius 2 is 2.38 bits per heavy atom. The molecule has 0 radical (unpaired) electrons. The minimum atomic E-state index is 0.598. The molecule has 0 amide bonds. The van der Waals surface area contributed by atoms with Crippen molar-refractivity contribution in [1.29, 1.82) is 0 Å². The van der Waals surface area contributed by atoms with Crippen molar-refractivity contribution in [3.8, 4) is 0 Å². The third kappa shape index (κ3) is 3.05. The Hall–Kier alpha value is -0.410. The zero-order valence-electron chi connectivity index (χ0n) is 10.3. The first-order valence-electron chi connectivity index (χ1n) is 6.23. The molecule has 0 aliphatic heterocycles. The molecule has 90 valence electrons. The quantitative estimate of drug-likeness (QED) is 0.786. The molecule has 1 aliphatic rings. The van der Waals surface area contributed by atoms with E-state index in [2.05, 4.69) is 41.5 Å². The predicted octanol–water partition coefficient (Wildman–Crippen LogP) is 2.91. The monoisotopic (exact) mass is 238 g/mol. The first kappa shape index (κ1) is 12.1. The lowest BCUT2D eigenvalue weighted by Crippen LogP contribution is -2.22. The van der Waals surface area contributed by atoms with Gasteiger partial charge in [0.25, 0.3) is 0 Å². The topological polar surface area (TPSA) is 17.0 Å². The Morgan fingerprint density at radius 1 is 1.56 bits per heavy atom. The number of aromatic nitrogens is 1. The van der Waals surface area contributed by atoms with E-state index in [1.807, 2.05) is 11.8 Å². The zero-order valence-corrected chi connectivity index (χ0v) is 11.1. The molecule has 1 unspecified atom stereocenters. The third-order valence-corrected chi connectivity index (χ3v) is 3.79. The van der Waals surface area contributed by atoms with Crippen molar-refractivity contribution in [3.63, 3.8) is 0 Å². The van der Waals surface area contributed by atoms with Gasteiger partial charge in [0.05, 0.1) is 0 Å². The van der Waals surface area contributed by atoms with E-state index < -0.39 is 0 Å². The molecule has 1 N–H and O–H groups in total. The summed E-state index contributed by atoms with van der Waals surface area (Å²) in [5.74, 6) is 2.08. The predicted molar refractivity (Wildman–Crippen MR) is 72.0 cm³/mol. The lowest BCUT2D eigenvalue weighted by atomic mass is 10.1. The van der Waals surface area contributed by atoms with Crippen molar-refractivity contribution in [1.82, 2.24) is 9.88 Å². The van der Waals surface area contributed by atoms with Gasteiger partial charge in [0.1, 0.15) is 0 Å². The molecule has 1 saturated carbocycles. The van der Waals surface area contributed by atoms with Crippen LogP contribution in [0.15, 0.2) is 18.5 Å². The molecule has 1 atom stereocenters. The molecular weight excluding hydrogens is 216 g/mol. The molecule has 16 heavy (non-hydrogen) atoms. The van der Waals surface area contributed by atoms with Gasteiger partial charge in [-0.1, -0.05) is 6.92 Å². The van der Waals surface area contributed by atoms with Crippen LogP contribution in [0.2, 0.25) is 0 Å². The van der Waals surface area contributed by atoms with Crippen LogP contribution >= 0.6 is 11.8 Å². The number of hydrogen-bond acceptors (Lipinski definition) is 2. The molecule has 1 fully saturated rings. The van der Waals surface area contributed by atoms with Crippen LogP contribution in [0.5, 0.6) is 0 Å². The van der Waals surface area contributed by atoms with Crippen molar-refractivity contribution in [2.75, 3.05) is 18.6 Å². The van der Waals surface area contributed by atoms with Gasteiger partial charge < -0.3 is 9.88 Å². The van der Waals surface area contributed by atoms with E-state index in [9.17, 15) is 0 Å². The van der Waals surface area contributed by atoms with E-state index in [0.29, 0.717) is 6.04 Å². The molecule has 2 rings (SSSR count). The number of nitrogens with zero attached hydrogens (tertiary/aromatic N) is 1. The highest BCUT2D eigenvalue weighted by Gasteiger charge is 2.31. The Kier molecular flexibility index (Phi) is 4.36. The zero-order chi connectivity index (χ0) is 11.4. The second-order valence-electron chi connectivity index (χ2n) is 4.55. The van der Waals surface area contributed by atoms with Gasteiger partial charge in [-0.3, -0.25) is 0 Å². The summed E-state index contributed by atoms with van der Waals surface area (Å²) in [4.78, 5) is 0. The first-order chi connectivity index (χ1) is 7.85. The Morgan fingerprint density at radius 3 is 3.00 bits per heavy atom. The van der Waals surface area contributed by atoms with E-state index in [1.54, 1.807) is 0 Å². The summed E-state index contributed by atoms with van der Waals surface area (Å²) < 4.78 is 2.32. The second-order valence-corrected chi connectivity index (χ2v) is 5.53. The fourth-order valence-corrected chi connectivity index (χ4v) is 2.58. The standard InChI is InChI=1S/C13H22N2S/c1-3-14-13(11-4-5-11)12-6-7-15(10-12)8-9-16-2/h6-7,10-11,13-14H,3-5,8-9H2,1-2H3. The number of thioether (sulfide) groups is 1. The molecule has 1 aromatic rings. The summed E-state index contributed by atoms with van der Waals surface area (Å²) in [5.41, 5.74) is 1.48. The fraction of sp³-hybridized carbons (Fsp3) is 0.692. The number of rotatable bonds is 7. The van der Waals surface area contributed by atoms with Crippen LogP contribution in [0.4, 0.5) is 0 Å². The van der Waals surface area contributed by atoms with Crippen molar-refractivity contribution in [2.45, 2.75) is 32.4 Å². The third-order valence-electron chi connectivity index (χ3n) is 3.20. The number of hydrogen-bond donors (Lipinski definition) is 1. The van der Waals surface area contributed by atoms with Gasteiger partial charge in [0.15, 0.2) is 0 Å². The van der Waals surface area contributed by atoms with E-state index in [1.165, 1.54) is 24.2 Å². The number of nitrogens with one attached hydrogen (secondary N) is 1. The highest BCUT2D eigenvalue weighted by Crippen LogP contribution is 2.40. The van der Waals surface area contributed by atoms with E-state index >= 15 is 0 Å². The smallest absolute Gasteiger partial charge is 0.0363 e. The Bertz CT molecular complexity index is 317. The van der Waals surface area contributed by atoms with Crippen molar-refractivity contribution >= 4 is 11.8 Å². The maximum Gasteiger partial charge on any atom is 0.0363 e. The van der Waals surface area contributed by atoms with Gasteiger partial charge in [-0.2, -0.15) is 11.8 Å². The van der Waals surface area contributed by atoms with Gasteiger partial charge in [-0.15, -0.1) is 0 Å². The minimum absolute atomic E-state index is 0.598. The van der Waals surface area contributed by atoms with Crippen LogP contribution in [-0.4, -0.2) is 23.1 Å². The highest BCUT2D eigenvalue weighted by atomic mass is 32.2. The van der Waals surface area contributed by atoms with Gasteiger partial charge in [0, 0.05) is 30.7 Å². The second kappa shape index (κ2) is 5.78. The lowest BCUT2D eigenvalue weighted by Gasteiger charge is -2.15. The van der Waals surface area contributed by atoms with Gasteiger partial charge in [-0.05, 0) is 43.2 Å². The molecular formula is C13H22N2S. The van der Waals surface area contributed by atoms with E-state index in [0.717, 1.165) is 19.0 Å². The average Bonchev–Trinajstić information content (AvgIpc) is 3.02. The summed E-state index contributed by atoms with van der Waals surface area (Å²) in [6.07, 6.45) is 9.50. The van der Waals surface area contributed by atoms with Crippen molar-refractivity contribution in [2.24, 2.45) is 5.92 Å². The molecule has 0 bridgehead atoms. The Labute approximate surface area is 103 Å². The van der Waals surface area contributed by atoms with Gasteiger partial charge in [-0.25, -0.2) is 0 Å².